The van der Waals surface area contributed by atoms with Gasteiger partial charge < -0.3 is 15.3 Å². The van der Waals surface area contributed by atoms with E-state index in [-0.39, 0.29) is 5.69 Å². The third-order valence-electron chi connectivity index (χ3n) is 2.11. The van der Waals surface area contributed by atoms with E-state index in [2.05, 4.69) is 5.10 Å². The maximum absolute atomic E-state index is 12.5. The van der Waals surface area contributed by atoms with Gasteiger partial charge in [-0.15, -0.1) is 0 Å². The number of aliphatic hydroxyl groups is 2. The van der Waals surface area contributed by atoms with E-state index in [1.165, 1.54) is 6.92 Å². The van der Waals surface area contributed by atoms with Gasteiger partial charge >= 0.3 is 12.1 Å². The van der Waals surface area contributed by atoms with Crippen molar-refractivity contribution in [1.82, 2.24) is 10.2 Å². The lowest BCUT2D eigenvalue weighted by molar-refractivity contribution is -0.155. The smallest absolute Gasteiger partial charge is 0.435 e. The number of carboxylic acid groups (broad SMARTS) is 1. The third-order valence-corrected chi connectivity index (χ3v) is 2.11. The Hall–Kier alpha value is -1.61. The van der Waals surface area contributed by atoms with Crippen LogP contribution in [0.2, 0.25) is 0 Å². The number of nitrogens with zero attached hydrogens (tertiary/aromatic N) is 1. The number of aryl methyl sites for hydroxylation is 1. The van der Waals surface area contributed by atoms with Crippen LogP contribution in [0.1, 0.15) is 23.1 Å². The molecule has 2 atom stereocenters. The Morgan fingerprint density at radius 1 is 1.41 bits per heavy atom. The highest BCUT2D eigenvalue weighted by molar-refractivity contribution is 5.73. The zero-order valence-corrected chi connectivity index (χ0v) is 8.49. The van der Waals surface area contributed by atoms with E-state index >= 15 is 0 Å². The highest BCUT2D eigenvalue weighted by Gasteiger charge is 2.41. The third kappa shape index (κ3) is 2.56. The van der Waals surface area contributed by atoms with Crippen LogP contribution in [-0.4, -0.2) is 37.6 Å². The fraction of sp³-hybridized carbons (Fsp3) is 0.500. The summed E-state index contributed by atoms with van der Waals surface area (Å²) in [6, 6.07) is 0. The monoisotopic (exact) mass is 254 g/mol. The molecule has 0 saturated heterocycles. The normalized spacial score (nSPS) is 15.6. The molecule has 1 aromatic rings. The van der Waals surface area contributed by atoms with E-state index in [0.29, 0.717) is 0 Å². The van der Waals surface area contributed by atoms with E-state index in [1.807, 2.05) is 5.10 Å². The molecule has 0 radical (unpaired) electrons. The second kappa shape index (κ2) is 4.34. The molecule has 0 fully saturated rings. The number of rotatable bonds is 3. The number of aliphatic hydroxyl groups excluding tert-OH is 2. The first-order valence-corrected chi connectivity index (χ1v) is 4.37. The molecule has 96 valence electrons. The van der Waals surface area contributed by atoms with Crippen LogP contribution in [0.25, 0.3) is 0 Å². The molecule has 0 spiro atoms. The second-order valence-corrected chi connectivity index (χ2v) is 3.34. The summed E-state index contributed by atoms with van der Waals surface area (Å²) in [4.78, 5) is 10.4. The van der Waals surface area contributed by atoms with Crippen molar-refractivity contribution in [2.75, 3.05) is 0 Å². The molecule has 0 saturated carbocycles. The maximum Gasteiger partial charge on any atom is 0.435 e. The Balaban J connectivity index is 3.22. The van der Waals surface area contributed by atoms with Gasteiger partial charge in [0.05, 0.1) is 0 Å². The number of alkyl halides is 3. The van der Waals surface area contributed by atoms with Gasteiger partial charge in [0, 0.05) is 11.3 Å². The van der Waals surface area contributed by atoms with Crippen molar-refractivity contribution in [1.29, 1.82) is 0 Å². The highest BCUT2D eigenvalue weighted by atomic mass is 19.4. The lowest BCUT2D eigenvalue weighted by atomic mass is 10.0. The van der Waals surface area contributed by atoms with Crippen LogP contribution < -0.4 is 0 Å². The number of aliphatic carboxylic acids is 1. The molecule has 0 bridgehead atoms. The van der Waals surface area contributed by atoms with Gasteiger partial charge in [-0.1, -0.05) is 0 Å². The molecule has 0 amide bonds. The van der Waals surface area contributed by atoms with Crippen molar-refractivity contribution < 1.29 is 33.3 Å². The summed E-state index contributed by atoms with van der Waals surface area (Å²) in [5.41, 5.74) is -2.37. The molecule has 2 unspecified atom stereocenters. The Bertz CT molecular complexity index is 429. The number of H-pyrrole nitrogens is 1. The molecule has 6 nitrogen and oxygen atoms in total. The van der Waals surface area contributed by atoms with Gasteiger partial charge in [-0.25, -0.2) is 4.79 Å². The van der Waals surface area contributed by atoms with E-state index in [4.69, 9.17) is 10.2 Å². The fourth-order valence-electron chi connectivity index (χ4n) is 1.31. The minimum absolute atomic E-state index is 0.162. The maximum atomic E-state index is 12.5. The largest absolute Gasteiger partial charge is 0.479 e. The van der Waals surface area contributed by atoms with Crippen molar-refractivity contribution in [2.24, 2.45) is 0 Å². The second-order valence-electron chi connectivity index (χ2n) is 3.34. The van der Waals surface area contributed by atoms with Crippen LogP contribution in [-0.2, 0) is 11.0 Å². The minimum Gasteiger partial charge on any atom is -0.479 e. The van der Waals surface area contributed by atoms with E-state index in [1.54, 1.807) is 0 Å². The SMILES string of the molecule is Cc1[nH]nc(C(F)(F)F)c1C(O)C(O)C(=O)O. The summed E-state index contributed by atoms with van der Waals surface area (Å²) in [7, 11) is 0. The van der Waals surface area contributed by atoms with Gasteiger partial charge in [0.1, 0.15) is 6.10 Å². The number of aromatic nitrogens is 2. The van der Waals surface area contributed by atoms with Gasteiger partial charge in [-0.3, -0.25) is 5.10 Å². The summed E-state index contributed by atoms with van der Waals surface area (Å²) >= 11 is 0. The summed E-state index contributed by atoms with van der Waals surface area (Å²) in [5, 5.41) is 31.7. The minimum atomic E-state index is -4.85. The Kier molecular flexibility index (Phi) is 3.43. The van der Waals surface area contributed by atoms with Crippen LogP contribution in [0, 0.1) is 6.92 Å². The quantitative estimate of drug-likeness (QED) is 0.617. The first kappa shape index (κ1) is 13.5. The number of nitrogens with one attached hydrogen (secondary N) is 1. The molecule has 4 N–H and O–H groups in total. The Morgan fingerprint density at radius 3 is 2.35 bits per heavy atom. The van der Waals surface area contributed by atoms with E-state index in [0.717, 1.165) is 0 Å². The molecule has 0 aliphatic rings. The van der Waals surface area contributed by atoms with Crippen LogP contribution in [0.5, 0.6) is 0 Å². The number of hydrogen-bond donors (Lipinski definition) is 4. The highest BCUT2D eigenvalue weighted by Crippen LogP contribution is 2.35. The van der Waals surface area contributed by atoms with Crippen molar-refractivity contribution >= 4 is 5.97 Å². The van der Waals surface area contributed by atoms with E-state index < -0.39 is 35.6 Å². The predicted molar refractivity (Wildman–Crippen MR) is 46.9 cm³/mol. The first-order chi connectivity index (χ1) is 7.66. The lowest BCUT2D eigenvalue weighted by Gasteiger charge is -2.16. The summed E-state index contributed by atoms with van der Waals surface area (Å²) in [6.45, 7) is 1.18. The van der Waals surface area contributed by atoms with Crippen molar-refractivity contribution in [3.05, 3.63) is 17.0 Å². The molecular formula is C8H9F3N2O4. The number of aromatic amines is 1. The van der Waals surface area contributed by atoms with Crippen molar-refractivity contribution in [3.63, 3.8) is 0 Å². The number of halogens is 3. The zero-order chi connectivity index (χ0) is 13.4. The van der Waals surface area contributed by atoms with Gasteiger partial charge in [-0.05, 0) is 6.92 Å². The number of carbonyl (C=O) groups is 1. The Labute approximate surface area is 92.7 Å². The first-order valence-electron chi connectivity index (χ1n) is 4.37. The molecule has 0 aliphatic carbocycles. The predicted octanol–water partition coefficient (Wildman–Crippen LogP) is 0.216. The Morgan fingerprint density at radius 2 is 1.94 bits per heavy atom. The number of hydrogen-bond acceptors (Lipinski definition) is 4. The fourth-order valence-corrected chi connectivity index (χ4v) is 1.31. The van der Waals surface area contributed by atoms with Gasteiger partial charge in [0.15, 0.2) is 11.8 Å². The summed E-state index contributed by atoms with van der Waals surface area (Å²) < 4.78 is 37.4. The van der Waals surface area contributed by atoms with Crippen LogP contribution in [0.3, 0.4) is 0 Å². The van der Waals surface area contributed by atoms with Crippen LogP contribution in [0.4, 0.5) is 13.2 Å². The molecule has 1 rings (SSSR count). The van der Waals surface area contributed by atoms with Gasteiger partial charge in [0.25, 0.3) is 0 Å². The molecule has 17 heavy (non-hydrogen) atoms. The van der Waals surface area contributed by atoms with Crippen molar-refractivity contribution in [3.8, 4) is 0 Å². The van der Waals surface area contributed by atoms with Crippen LogP contribution in [0.15, 0.2) is 0 Å². The average molecular weight is 254 g/mol. The van der Waals surface area contributed by atoms with Gasteiger partial charge in [0.2, 0.25) is 0 Å². The topological polar surface area (TPSA) is 106 Å². The van der Waals surface area contributed by atoms with Crippen LogP contribution >= 0.6 is 0 Å². The lowest BCUT2D eigenvalue weighted by Crippen LogP contribution is -2.29. The molecule has 9 heteroatoms. The molecule has 0 aliphatic heterocycles. The molecule has 1 heterocycles. The molecule has 1 aromatic heterocycles. The molecule has 0 aromatic carbocycles. The summed E-state index contributed by atoms with van der Waals surface area (Å²) in [6.07, 6.45) is -9.41. The average Bonchev–Trinajstić information content (AvgIpc) is 2.57. The summed E-state index contributed by atoms with van der Waals surface area (Å²) in [5.74, 6) is -1.83. The zero-order valence-electron chi connectivity index (χ0n) is 8.49. The molecular weight excluding hydrogens is 245 g/mol. The van der Waals surface area contributed by atoms with Gasteiger partial charge in [-0.2, -0.15) is 18.3 Å². The number of carboxylic acids is 1. The standard InChI is InChI=1S/C8H9F3N2O4/c1-2-3(4(14)5(15)7(16)17)6(13-12-2)8(9,10)11/h4-5,14-15H,1H3,(H,12,13)(H,16,17). The van der Waals surface area contributed by atoms with Crippen molar-refractivity contribution in [2.45, 2.75) is 25.3 Å². The van der Waals surface area contributed by atoms with E-state index in [9.17, 15) is 23.1 Å².